The molecule has 3 aromatic rings. The number of aryl methyl sites for hydroxylation is 1. The number of phenolic OH excluding ortho intramolecular Hbond substituents is 1. The first-order chi connectivity index (χ1) is 13.6. The fourth-order valence-electron chi connectivity index (χ4n) is 4.43. The van der Waals surface area contributed by atoms with Crippen LogP contribution < -0.4 is 5.32 Å². The third kappa shape index (κ3) is 2.62. The van der Waals surface area contributed by atoms with Gasteiger partial charge in [0.25, 0.3) is 0 Å². The molecule has 140 valence electrons. The third-order valence-corrected chi connectivity index (χ3v) is 5.76. The number of carbonyl (C=O) groups excluding carboxylic acids is 1. The molecule has 2 aromatic carbocycles. The predicted molar refractivity (Wildman–Crippen MR) is 105 cm³/mol. The van der Waals surface area contributed by atoms with E-state index < -0.39 is 0 Å². The maximum atomic E-state index is 13.3. The van der Waals surface area contributed by atoms with Crippen LogP contribution in [0.25, 0.3) is 0 Å². The van der Waals surface area contributed by atoms with Gasteiger partial charge in [-0.3, -0.25) is 4.79 Å². The molecule has 2 atom stereocenters. The average molecular weight is 372 g/mol. The van der Waals surface area contributed by atoms with Gasteiger partial charge in [0.15, 0.2) is 5.78 Å². The molecule has 1 aromatic heterocycles. The summed E-state index contributed by atoms with van der Waals surface area (Å²) in [6.07, 6.45) is 1.23. The molecule has 0 radical (unpaired) electrons. The number of ketones is 1. The number of carbonyl (C=O) groups is 1. The van der Waals surface area contributed by atoms with Crippen LogP contribution in [0.3, 0.4) is 0 Å². The molecule has 5 rings (SSSR count). The van der Waals surface area contributed by atoms with Crippen LogP contribution in [0, 0.1) is 6.92 Å². The molecule has 2 unspecified atom stereocenters. The number of hydrogen-bond donors (Lipinski definition) is 2. The highest BCUT2D eigenvalue weighted by molar-refractivity contribution is 6.01. The summed E-state index contributed by atoms with van der Waals surface area (Å²) in [5.74, 6) is 0.865. The Labute approximate surface area is 162 Å². The number of Topliss-reactive ketones (excluding diaryl/α,β-unsaturated/α-hetero) is 1. The molecule has 2 heterocycles. The monoisotopic (exact) mass is 372 g/mol. The number of phenols is 1. The highest BCUT2D eigenvalue weighted by Crippen LogP contribution is 2.49. The van der Waals surface area contributed by atoms with Crippen LogP contribution in [0.1, 0.15) is 47.1 Å². The molecule has 5 heteroatoms. The van der Waals surface area contributed by atoms with E-state index in [1.54, 1.807) is 12.1 Å². The number of aromatic nitrogens is 1. The van der Waals surface area contributed by atoms with E-state index in [1.807, 2.05) is 37.3 Å². The van der Waals surface area contributed by atoms with Crippen molar-refractivity contribution in [2.75, 3.05) is 5.32 Å². The molecule has 2 aliphatic rings. The molecule has 0 amide bonds. The molecular weight excluding hydrogens is 352 g/mol. The molecule has 1 aliphatic heterocycles. The number of hydrogen-bond acceptors (Lipinski definition) is 5. The summed E-state index contributed by atoms with van der Waals surface area (Å²) in [6, 6.07) is 17.2. The van der Waals surface area contributed by atoms with Crippen molar-refractivity contribution < 1.29 is 14.4 Å². The largest absolute Gasteiger partial charge is 0.508 e. The number of fused-ring (bicyclic) bond motifs is 1. The average Bonchev–Trinajstić information content (AvgIpc) is 3.08. The van der Waals surface area contributed by atoms with Crippen molar-refractivity contribution in [1.82, 2.24) is 5.16 Å². The van der Waals surface area contributed by atoms with E-state index in [0.29, 0.717) is 12.3 Å². The molecule has 2 N–H and O–H groups in total. The SMILES string of the molecule is Cc1noc2c1C(c1ccc(O)cc1)C1=C(CC(c3ccccc3)CC1=O)N2. The number of anilines is 1. The number of nitrogens with one attached hydrogen (secondary N) is 1. The lowest BCUT2D eigenvalue weighted by Gasteiger charge is -2.34. The van der Waals surface area contributed by atoms with Crippen LogP contribution in [0.5, 0.6) is 5.75 Å². The van der Waals surface area contributed by atoms with Crippen LogP contribution in [-0.2, 0) is 4.79 Å². The quantitative estimate of drug-likeness (QED) is 0.685. The van der Waals surface area contributed by atoms with Gasteiger partial charge in [-0.2, -0.15) is 0 Å². The standard InChI is InChI=1S/C23H20N2O3/c1-13-20-21(15-7-9-17(26)10-8-15)22-18(24-23(20)28-25-13)11-16(12-19(22)27)14-5-3-2-4-6-14/h2-10,16,21,24,26H,11-12H2,1H3. The zero-order valence-corrected chi connectivity index (χ0v) is 15.5. The minimum absolute atomic E-state index is 0.144. The predicted octanol–water partition coefficient (Wildman–Crippen LogP) is 4.65. The Balaban J connectivity index is 1.63. The van der Waals surface area contributed by atoms with Gasteiger partial charge in [0, 0.05) is 23.6 Å². The van der Waals surface area contributed by atoms with Gasteiger partial charge in [0.2, 0.25) is 5.88 Å². The van der Waals surface area contributed by atoms with E-state index in [4.69, 9.17) is 4.52 Å². The first-order valence-electron chi connectivity index (χ1n) is 9.45. The second-order valence-corrected chi connectivity index (χ2v) is 7.49. The molecule has 5 nitrogen and oxygen atoms in total. The van der Waals surface area contributed by atoms with Crippen molar-refractivity contribution in [3.63, 3.8) is 0 Å². The zero-order valence-electron chi connectivity index (χ0n) is 15.5. The molecule has 0 fully saturated rings. The van der Waals surface area contributed by atoms with E-state index in [0.717, 1.165) is 34.5 Å². The number of nitrogens with zero attached hydrogens (tertiary/aromatic N) is 1. The van der Waals surface area contributed by atoms with Crippen molar-refractivity contribution in [1.29, 1.82) is 0 Å². The van der Waals surface area contributed by atoms with Gasteiger partial charge >= 0.3 is 0 Å². The van der Waals surface area contributed by atoms with Crippen LogP contribution in [0.4, 0.5) is 5.88 Å². The summed E-state index contributed by atoms with van der Waals surface area (Å²) in [6.45, 7) is 1.89. The summed E-state index contributed by atoms with van der Waals surface area (Å²) in [5.41, 5.74) is 5.49. The molecule has 0 saturated carbocycles. The van der Waals surface area contributed by atoms with E-state index >= 15 is 0 Å². The van der Waals surface area contributed by atoms with Gasteiger partial charge in [0.05, 0.1) is 11.3 Å². The Morgan fingerprint density at radius 1 is 1.04 bits per heavy atom. The van der Waals surface area contributed by atoms with Gasteiger partial charge in [0.1, 0.15) is 5.75 Å². The summed E-state index contributed by atoms with van der Waals surface area (Å²) < 4.78 is 5.53. The molecule has 28 heavy (non-hydrogen) atoms. The van der Waals surface area contributed by atoms with Crippen molar-refractivity contribution in [2.45, 2.75) is 31.6 Å². The molecule has 0 bridgehead atoms. The van der Waals surface area contributed by atoms with Crippen LogP contribution >= 0.6 is 0 Å². The summed E-state index contributed by atoms with van der Waals surface area (Å²) in [5, 5.41) is 17.2. The lowest BCUT2D eigenvalue weighted by molar-refractivity contribution is -0.116. The highest BCUT2D eigenvalue weighted by Gasteiger charge is 2.41. The van der Waals surface area contributed by atoms with E-state index in [-0.39, 0.29) is 23.4 Å². The van der Waals surface area contributed by atoms with Gasteiger partial charge in [-0.15, -0.1) is 0 Å². The first-order valence-corrected chi connectivity index (χ1v) is 9.45. The maximum Gasteiger partial charge on any atom is 0.233 e. The summed E-state index contributed by atoms with van der Waals surface area (Å²) in [7, 11) is 0. The van der Waals surface area contributed by atoms with Gasteiger partial charge in [-0.05, 0) is 42.5 Å². The molecular formula is C23H20N2O3. The minimum atomic E-state index is -0.234. The lowest BCUT2D eigenvalue weighted by atomic mass is 9.72. The fourth-order valence-corrected chi connectivity index (χ4v) is 4.43. The van der Waals surface area contributed by atoms with E-state index in [1.165, 1.54) is 5.56 Å². The van der Waals surface area contributed by atoms with Crippen LogP contribution in [0.15, 0.2) is 70.4 Å². The Hall–Kier alpha value is -3.34. The maximum absolute atomic E-state index is 13.3. The van der Waals surface area contributed by atoms with Crippen LogP contribution in [0.2, 0.25) is 0 Å². The van der Waals surface area contributed by atoms with Crippen LogP contribution in [-0.4, -0.2) is 16.0 Å². The smallest absolute Gasteiger partial charge is 0.233 e. The Morgan fingerprint density at radius 3 is 2.54 bits per heavy atom. The van der Waals surface area contributed by atoms with Crippen molar-refractivity contribution in [3.8, 4) is 5.75 Å². The van der Waals surface area contributed by atoms with Gasteiger partial charge in [-0.1, -0.05) is 47.6 Å². The molecule has 0 spiro atoms. The number of rotatable bonds is 2. The van der Waals surface area contributed by atoms with E-state index in [2.05, 4.69) is 22.6 Å². The summed E-state index contributed by atoms with van der Waals surface area (Å²) >= 11 is 0. The molecule has 0 saturated heterocycles. The highest BCUT2D eigenvalue weighted by atomic mass is 16.5. The summed E-state index contributed by atoms with van der Waals surface area (Å²) in [4.78, 5) is 13.3. The minimum Gasteiger partial charge on any atom is -0.508 e. The normalized spacial score (nSPS) is 21.1. The van der Waals surface area contributed by atoms with Crippen molar-refractivity contribution in [3.05, 3.63) is 88.3 Å². The second kappa shape index (κ2) is 6.37. The Kier molecular flexibility index (Phi) is 3.83. The van der Waals surface area contributed by atoms with Crippen molar-refractivity contribution in [2.24, 2.45) is 0 Å². The Morgan fingerprint density at radius 2 is 1.79 bits per heavy atom. The first kappa shape index (κ1) is 16.8. The zero-order chi connectivity index (χ0) is 19.3. The van der Waals surface area contributed by atoms with Gasteiger partial charge < -0.3 is 14.9 Å². The van der Waals surface area contributed by atoms with E-state index in [9.17, 15) is 9.90 Å². The lowest BCUT2D eigenvalue weighted by Crippen LogP contribution is -2.29. The third-order valence-electron chi connectivity index (χ3n) is 5.76. The number of aromatic hydroxyl groups is 1. The topological polar surface area (TPSA) is 75.4 Å². The Bertz CT molecular complexity index is 1080. The molecule has 1 aliphatic carbocycles. The number of allylic oxidation sites excluding steroid dienone is 2. The van der Waals surface area contributed by atoms with Crippen molar-refractivity contribution >= 4 is 11.7 Å². The number of benzene rings is 2. The second-order valence-electron chi connectivity index (χ2n) is 7.49. The fraction of sp³-hybridized carbons (Fsp3) is 0.217. The van der Waals surface area contributed by atoms with Gasteiger partial charge in [-0.25, -0.2) is 0 Å².